The summed E-state index contributed by atoms with van der Waals surface area (Å²) in [4.78, 5) is 5.07. The minimum absolute atomic E-state index is 0.493. The van der Waals surface area contributed by atoms with Crippen LogP contribution in [-0.2, 0) is 6.54 Å². The second-order valence-corrected chi connectivity index (χ2v) is 7.65. The molecule has 0 saturated carbocycles. The molecule has 0 spiro atoms. The molecule has 0 aliphatic carbocycles. The molecule has 0 unspecified atom stereocenters. The molecule has 140 valence electrons. The van der Waals surface area contributed by atoms with Crippen LogP contribution in [0.3, 0.4) is 0 Å². The molecule has 1 heterocycles. The molecule has 0 aromatic heterocycles. The van der Waals surface area contributed by atoms with Crippen molar-refractivity contribution in [3.8, 4) is 5.75 Å². The summed E-state index contributed by atoms with van der Waals surface area (Å²) in [5.74, 6) is 1.55. The minimum Gasteiger partial charge on any atom is -0.492 e. The standard InChI is InChI=1S/C23H32N2O/c1-19(2)22-10-9-20(3)17-23(22)26-16-15-24-11-13-25(14-12-24)18-21-7-5-4-6-8-21/h4-10,17,19H,11-16,18H2,1-3H3. The number of aryl methyl sites for hydroxylation is 1. The first kappa shape index (κ1) is 18.9. The Morgan fingerprint density at radius 3 is 2.31 bits per heavy atom. The smallest absolute Gasteiger partial charge is 0.123 e. The first-order valence-corrected chi connectivity index (χ1v) is 9.84. The zero-order valence-electron chi connectivity index (χ0n) is 16.4. The number of hydrogen-bond acceptors (Lipinski definition) is 3. The highest BCUT2D eigenvalue weighted by Crippen LogP contribution is 2.27. The molecule has 3 nitrogen and oxygen atoms in total. The first-order valence-electron chi connectivity index (χ1n) is 9.84. The van der Waals surface area contributed by atoms with Crippen LogP contribution in [0.1, 0.15) is 36.5 Å². The lowest BCUT2D eigenvalue weighted by Crippen LogP contribution is -2.47. The van der Waals surface area contributed by atoms with E-state index >= 15 is 0 Å². The van der Waals surface area contributed by atoms with Gasteiger partial charge in [-0.1, -0.05) is 56.3 Å². The molecule has 2 aromatic carbocycles. The molecular formula is C23H32N2O. The van der Waals surface area contributed by atoms with E-state index in [9.17, 15) is 0 Å². The number of ether oxygens (including phenoxy) is 1. The molecule has 0 radical (unpaired) electrons. The van der Waals surface area contributed by atoms with Crippen LogP contribution in [-0.4, -0.2) is 49.1 Å². The Labute approximate surface area is 158 Å². The quantitative estimate of drug-likeness (QED) is 0.738. The van der Waals surface area contributed by atoms with Crippen LogP contribution >= 0.6 is 0 Å². The summed E-state index contributed by atoms with van der Waals surface area (Å²) in [6, 6.07) is 17.3. The van der Waals surface area contributed by atoms with E-state index in [0.717, 1.165) is 51.6 Å². The van der Waals surface area contributed by atoms with Gasteiger partial charge >= 0.3 is 0 Å². The van der Waals surface area contributed by atoms with Crippen LogP contribution in [0.25, 0.3) is 0 Å². The predicted molar refractivity (Wildman–Crippen MR) is 109 cm³/mol. The molecule has 2 aromatic rings. The maximum Gasteiger partial charge on any atom is 0.123 e. The van der Waals surface area contributed by atoms with Gasteiger partial charge in [-0.05, 0) is 35.6 Å². The van der Waals surface area contributed by atoms with Crippen LogP contribution in [0.5, 0.6) is 5.75 Å². The highest BCUT2D eigenvalue weighted by atomic mass is 16.5. The van der Waals surface area contributed by atoms with Crippen molar-refractivity contribution in [2.75, 3.05) is 39.3 Å². The van der Waals surface area contributed by atoms with Crippen LogP contribution in [0, 0.1) is 6.92 Å². The summed E-state index contributed by atoms with van der Waals surface area (Å²) < 4.78 is 6.15. The summed E-state index contributed by atoms with van der Waals surface area (Å²) in [5, 5.41) is 0. The van der Waals surface area contributed by atoms with Gasteiger partial charge in [-0.2, -0.15) is 0 Å². The predicted octanol–water partition coefficient (Wildman–Crippen LogP) is 4.32. The van der Waals surface area contributed by atoms with E-state index in [1.165, 1.54) is 16.7 Å². The van der Waals surface area contributed by atoms with E-state index in [1.54, 1.807) is 0 Å². The fourth-order valence-electron chi connectivity index (χ4n) is 3.54. The van der Waals surface area contributed by atoms with Crippen LogP contribution < -0.4 is 4.74 Å². The third kappa shape index (κ3) is 5.33. The SMILES string of the molecule is Cc1ccc(C(C)C)c(OCCN2CCN(Cc3ccccc3)CC2)c1. The van der Waals surface area contributed by atoms with Crippen LogP contribution in [0.4, 0.5) is 0 Å². The lowest BCUT2D eigenvalue weighted by Gasteiger charge is -2.34. The summed E-state index contributed by atoms with van der Waals surface area (Å²) in [6.45, 7) is 13.9. The Morgan fingerprint density at radius 1 is 0.923 bits per heavy atom. The third-order valence-corrected chi connectivity index (χ3v) is 5.17. The molecule has 0 bridgehead atoms. The van der Waals surface area contributed by atoms with Gasteiger partial charge in [-0.25, -0.2) is 0 Å². The van der Waals surface area contributed by atoms with E-state index in [-0.39, 0.29) is 0 Å². The Balaban J connectivity index is 1.42. The number of piperazine rings is 1. The molecule has 3 rings (SSSR count). The maximum atomic E-state index is 6.15. The highest BCUT2D eigenvalue weighted by molar-refractivity contribution is 5.39. The van der Waals surface area contributed by atoms with Crippen molar-refractivity contribution in [1.29, 1.82) is 0 Å². The minimum atomic E-state index is 0.493. The zero-order valence-corrected chi connectivity index (χ0v) is 16.4. The van der Waals surface area contributed by atoms with Crippen LogP contribution in [0.15, 0.2) is 48.5 Å². The highest BCUT2D eigenvalue weighted by Gasteiger charge is 2.17. The molecule has 1 fully saturated rings. The Hall–Kier alpha value is -1.84. The topological polar surface area (TPSA) is 15.7 Å². The van der Waals surface area contributed by atoms with Crippen molar-refractivity contribution in [2.24, 2.45) is 0 Å². The number of nitrogens with zero attached hydrogens (tertiary/aromatic N) is 2. The largest absolute Gasteiger partial charge is 0.492 e. The maximum absolute atomic E-state index is 6.15. The van der Waals surface area contributed by atoms with E-state index in [2.05, 4.69) is 79.1 Å². The van der Waals surface area contributed by atoms with E-state index < -0.39 is 0 Å². The van der Waals surface area contributed by atoms with Crippen molar-refractivity contribution in [1.82, 2.24) is 9.80 Å². The van der Waals surface area contributed by atoms with Gasteiger partial charge < -0.3 is 4.74 Å². The van der Waals surface area contributed by atoms with Gasteiger partial charge in [0.1, 0.15) is 12.4 Å². The summed E-state index contributed by atoms with van der Waals surface area (Å²) >= 11 is 0. The third-order valence-electron chi connectivity index (χ3n) is 5.17. The molecule has 0 amide bonds. The fourth-order valence-corrected chi connectivity index (χ4v) is 3.54. The van der Waals surface area contributed by atoms with Gasteiger partial charge in [0.2, 0.25) is 0 Å². The summed E-state index contributed by atoms with van der Waals surface area (Å²) in [5.41, 5.74) is 3.98. The lowest BCUT2D eigenvalue weighted by molar-refractivity contribution is 0.112. The molecule has 0 N–H and O–H groups in total. The van der Waals surface area contributed by atoms with Gasteiger partial charge in [0, 0.05) is 39.3 Å². The van der Waals surface area contributed by atoms with Crippen molar-refractivity contribution in [3.63, 3.8) is 0 Å². The van der Waals surface area contributed by atoms with Gasteiger partial charge in [0.05, 0.1) is 0 Å². The Bertz CT molecular complexity index is 676. The molecule has 1 aliphatic heterocycles. The van der Waals surface area contributed by atoms with Gasteiger partial charge in [0.25, 0.3) is 0 Å². The molecule has 0 atom stereocenters. The average Bonchev–Trinajstić information content (AvgIpc) is 2.64. The monoisotopic (exact) mass is 352 g/mol. The average molecular weight is 353 g/mol. The number of hydrogen-bond donors (Lipinski definition) is 0. The fraction of sp³-hybridized carbons (Fsp3) is 0.478. The normalized spacial score (nSPS) is 16.2. The van der Waals surface area contributed by atoms with E-state index in [1.807, 2.05) is 0 Å². The van der Waals surface area contributed by atoms with Crippen LogP contribution in [0.2, 0.25) is 0 Å². The van der Waals surface area contributed by atoms with Gasteiger partial charge in [0.15, 0.2) is 0 Å². The van der Waals surface area contributed by atoms with E-state index in [0.29, 0.717) is 5.92 Å². The summed E-state index contributed by atoms with van der Waals surface area (Å²) in [6.07, 6.45) is 0. The van der Waals surface area contributed by atoms with Crippen molar-refractivity contribution in [3.05, 3.63) is 65.2 Å². The molecule has 26 heavy (non-hydrogen) atoms. The van der Waals surface area contributed by atoms with Crippen molar-refractivity contribution in [2.45, 2.75) is 33.2 Å². The van der Waals surface area contributed by atoms with E-state index in [4.69, 9.17) is 4.74 Å². The van der Waals surface area contributed by atoms with Gasteiger partial charge in [-0.3, -0.25) is 9.80 Å². The number of benzene rings is 2. The lowest BCUT2D eigenvalue weighted by atomic mass is 10.0. The second kappa shape index (κ2) is 9.20. The number of rotatable bonds is 7. The van der Waals surface area contributed by atoms with Crippen molar-refractivity contribution < 1.29 is 4.74 Å². The molecule has 1 aliphatic rings. The molecular weight excluding hydrogens is 320 g/mol. The Kier molecular flexibility index (Phi) is 6.70. The molecule has 1 saturated heterocycles. The zero-order chi connectivity index (χ0) is 18.4. The van der Waals surface area contributed by atoms with Crippen molar-refractivity contribution >= 4 is 0 Å². The molecule has 3 heteroatoms. The first-order chi connectivity index (χ1) is 12.6. The summed E-state index contributed by atoms with van der Waals surface area (Å²) in [7, 11) is 0. The Morgan fingerprint density at radius 2 is 1.62 bits per heavy atom. The van der Waals surface area contributed by atoms with Gasteiger partial charge in [-0.15, -0.1) is 0 Å². The second-order valence-electron chi connectivity index (χ2n) is 7.65.